The number of nitrogens with one attached hydrogen (secondary N) is 1. The van der Waals surface area contributed by atoms with Crippen molar-refractivity contribution in [1.82, 2.24) is 5.32 Å². The lowest BCUT2D eigenvalue weighted by Gasteiger charge is -2.40. The van der Waals surface area contributed by atoms with Crippen molar-refractivity contribution in [3.05, 3.63) is 0 Å². The molecule has 71 heavy (non-hydrogen) atoms. The number of amides is 1. The van der Waals surface area contributed by atoms with Gasteiger partial charge in [0, 0.05) is 0 Å². The topological polar surface area (TPSA) is 189 Å². The summed E-state index contributed by atoms with van der Waals surface area (Å²) in [4.78, 5) is 13.2. The lowest BCUT2D eigenvalue weighted by atomic mass is 9.98. The van der Waals surface area contributed by atoms with E-state index in [1.807, 2.05) is 0 Å². The third kappa shape index (κ3) is 38.3. The molecule has 1 rings (SSSR count). The highest BCUT2D eigenvalue weighted by molar-refractivity contribution is 5.80. The highest BCUT2D eigenvalue weighted by Gasteiger charge is 2.44. The Labute approximate surface area is 437 Å². The molecule has 0 aromatic carbocycles. The van der Waals surface area contributed by atoms with E-state index in [9.17, 15) is 40.5 Å². The summed E-state index contributed by atoms with van der Waals surface area (Å²) in [5.41, 5.74) is 0. The molecule has 11 heteroatoms. The smallest absolute Gasteiger partial charge is 0.249 e. The Kier molecular flexibility index (Phi) is 47.9. The minimum absolute atomic E-state index is 0.267. The highest BCUT2D eigenvalue weighted by atomic mass is 16.7. The first kappa shape index (κ1) is 68.1. The molecule has 0 spiro atoms. The summed E-state index contributed by atoms with van der Waals surface area (Å²) >= 11 is 0. The van der Waals surface area contributed by atoms with E-state index in [1.54, 1.807) is 0 Å². The SMILES string of the molecule is CCCCCCCCCCCCCCCCCCCCCCCCCCCCCCC(O)C(=O)NC(COC1OC(CO)C(O)C(O)C1O)C(O)C(O)CCCCCCCCCCCCCCCCCC. The zero-order valence-electron chi connectivity index (χ0n) is 46.5. The van der Waals surface area contributed by atoms with Gasteiger partial charge in [0.05, 0.1) is 25.4 Å². The van der Waals surface area contributed by atoms with Crippen LogP contribution in [0.5, 0.6) is 0 Å². The molecular formula is C60H119NO10. The second-order valence-corrected chi connectivity index (χ2v) is 22.1. The number of hydrogen-bond acceptors (Lipinski definition) is 10. The van der Waals surface area contributed by atoms with E-state index in [2.05, 4.69) is 19.2 Å². The van der Waals surface area contributed by atoms with Gasteiger partial charge in [-0.05, 0) is 12.8 Å². The summed E-state index contributed by atoms with van der Waals surface area (Å²) in [5.74, 6) is -0.689. The first-order valence-corrected chi connectivity index (χ1v) is 30.9. The third-order valence-corrected chi connectivity index (χ3v) is 15.4. The molecule has 1 heterocycles. The Hall–Kier alpha value is -0.890. The van der Waals surface area contributed by atoms with Crippen molar-refractivity contribution in [1.29, 1.82) is 0 Å². The molecule has 424 valence electrons. The Morgan fingerprint density at radius 3 is 1.04 bits per heavy atom. The van der Waals surface area contributed by atoms with Gasteiger partial charge < -0.3 is 50.5 Å². The predicted octanol–water partition coefficient (Wildman–Crippen LogP) is 13.4. The number of ether oxygens (including phenoxy) is 2. The van der Waals surface area contributed by atoms with Crippen LogP contribution in [0.3, 0.4) is 0 Å². The zero-order valence-corrected chi connectivity index (χ0v) is 46.5. The number of carbonyl (C=O) groups is 1. The fourth-order valence-corrected chi connectivity index (χ4v) is 10.4. The van der Waals surface area contributed by atoms with Gasteiger partial charge in [-0.3, -0.25) is 4.79 Å². The van der Waals surface area contributed by atoms with Crippen LogP contribution in [0, 0.1) is 0 Å². The van der Waals surface area contributed by atoms with Gasteiger partial charge in [-0.25, -0.2) is 0 Å². The van der Waals surface area contributed by atoms with E-state index >= 15 is 0 Å². The summed E-state index contributed by atoms with van der Waals surface area (Å²) in [6.07, 6.45) is 46.0. The zero-order chi connectivity index (χ0) is 51.8. The molecule has 1 aliphatic rings. The second-order valence-electron chi connectivity index (χ2n) is 22.1. The van der Waals surface area contributed by atoms with E-state index in [0.29, 0.717) is 19.3 Å². The molecule has 1 fully saturated rings. The first-order chi connectivity index (χ1) is 34.7. The van der Waals surface area contributed by atoms with Gasteiger partial charge >= 0.3 is 0 Å². The Morgan fingerprint density at radius 2 is 0.732 bits per heavy atom. The predicted molar refractivity (Wildman–Crippen MR) is 293 cm³/mol. The first-order valence-electron chi connectivity index (χ1n) is 30.9. The Bertz CT molecular complexity index is 1120. The van der Waals surface area contributed by atoms with E-state index < -0.39 is 74.2 Å². The maximum Gasteiger partial charge on any atom is 0.249 e. The fraction of sp³-hybridized carbons (Fsp3) is 0.983. The molecule has 0 bridgehead atoms. The van der Waals surface area contributed by atoms with E-state index in [1.165, 1.54) is 231 Å². The standard InChI is InChI=1S/C60H119NO10/c1-3-5-7-9-11-13-15-17-19-21-22-23-24-25-26-27-28-29-30-31-32-34-36-38-40-42-44-46-48-53(64)59(69)61-51(50-70-60-58(68)57(67)56(66)54(49-62)71-60)55(65)52(63)47-45-43-41-39-37-35-33-20-18-16-14-12-10-8-6-4-2/h51-58,60,62-68H,3-50H2,1-2H3,(H,61,69). The lowest BCUT2D eigenvalue weighted by molar-refractivity contribution is -0.303. The van der Waals surface area contributed by atoms with Crippen molar-refractivity contribution in [2.24, 2.45) is 0 Å². The van der Waals surface area contributed by atoms with Crippen molar-refractivity contribution in [2.45, 2.75) is 364 Å². The molecule has 8 N–H and O–H groups in total. The average molecular weight is 1010 g/mol. The number of hydrogen-bond donors (Lipinski definition) is 8. The molecule has 0 aliphatic carbocycles. The molecule has 0 saturated carbocycles. The van der Waals surface area contributed by atoms with Crippen LogP contribution in [-0.2, 0) is 14.3 Å². The highest BCUT2D eigenvalue weighted by Crippen LogP contribution is 2.24. The normalized spacial score (nSPS) is 20.0. The van der Waals surface area contributed by atoms with Crippen LogP contribution in [-0.4, -0.2) is 110 Å². The summed E-state index contributed by atoms with van der Waals surface area (Å²) in [6.45, 7) is 3.50. The molecular weight excluding hydrogens is 895 g/mol. The molecule has 1 amide bonds. The van der Waals surface area contributed by atoms with Gasteiger partial charge in [-0.2, -0.15) is 0 Å². The number of aliphatic hydroxyl groups excluding tert-OH is 7. The summed E-state index contributed by atoms with van der Waals surface area (Å²) in [6, 6.07) is -1.16. The van der Waals surface area contributed by atoms with Crippen LogP contribution in [0.15, 0.2) is 0 Å². The van der Waals surface area contributed by atoms with Crippen LogP contribution in [0.25, 0.3) is 0 Å². The minimum atomic E-state index is -1.66. The van der Waals surface area contributed by atoms with Crippen molar-refractivity contribution in [3.8, 4) is 0 Å². The van der Waals surface area contributed by atoms with E-state index in [4.69, 9.17) is 9.47 Å². The van der Waals surface area contributed by atoms with E-state index in [-0.39, 0.29) is 6.42 Å². The number of rotatable bonds is 54. The lowest BCUT2D eigenvalue weighted by Crippen LogP contribution is -2.60. The fourth-order valence-electron chi connectivity index (χ4n) is 10.4. The van der Waals surface area contributed by atoms with E-state index in [0.717, 1.165) is 38.5 Å². The number of unbranched alkanes of at least 4 members (excludes halogenated alkanes) is 42. The van der Waals surface area contributed by atoms with Crippen molar-refractivity contribution >= 4 is 5.91 Å². The molecule has 11 nitrogen and oxygen atoms in total. The van der Waals surface area contributed by atoms with Crippen LogP contribution < -0.4 is 5.32 Å². The maximum absolute atomic E-state index is 13.2. The summed E-state index contributed by atoms with van der Waals surface area (Å²) < 4.78 is 11.2. The van der Waals surface area contributed by atoms with Gasteiger partial charge in [-0.1, -0.05) is 296 Å². The van der Waals surface area contributed by atoms with Gasteiger partial charge in [-0.15, -0.1) is 0 Å². The van der Waals surface area contributed by atoms with Gasteiger partial charge in [0.15, 0.2) is 6.29 Å². The third-order valence-electron chi connectivity index (χ3n) is 15.4. The van der Waals surface area contributed by atoms with Gasteiger partial charge in [0.2, 0.25) is 5.91 Å². The average Bonchev–Trinajstić information content (AvgIpc) is 3.37. The molecule has 0 radical (unpaired) electrons. The van der Waals surface area contributed by atoms with Crippen molar-refractivity contribution < 1.29 is 50.0 Å². The van der Waals surface area contributed by atoms with Gasteiger partial charge in [0.25, 0.3) is 0 Å². The quantitative estimate of drug-likeness (QED) is 0.0272. The van der Waals surface area contributed by atoms with Crippen LogP contribution in [0.4, 0.5) is 0 Å². The number of aliphatic hydroxyl groups is 7. The largest absolute Gasteiger partial charge is 0.394 e. The Morgan fingerprint density at radius 1 is 0.437 bits per heavy atom. The maximum atomic E-state index is 13.2. The summed E-state index contributed by atoms with van der Waals surface area (Å²) in [5, 5.41) is 76.2. The van der Waals surface area contributed by atoms with Crippen LogP contribution >= 0.6 is 0 Å². The van der Waals surface area contributed by atoms with Crippen molar-refractivity contribution in [2.75, 3.05) is 13.2 Å². The molecule has 9 unspecified atom stereocenters. The molecule has 1 aliphatic heterocycles. The van der Waals surface area contributed by atoms with Crippen molar-refractivity contribution in [3.63, 3.8) is 0 Å². The minimum Gasteiger partial charge on any atom is -0.394 e. The summed E-state index contributed by atoms with van der Waals surface area (Å²) in [7, 11) is 0. The van der Waals surface area contributed by atoms with Crippen LogP contribution in [0.2, 0.25) is 0 Å². The second kappa shape index (κ2) is 50.0. The monoisotopic (exact) mass is 1010 g/mol. The Balaban J connectivity index is 2.22. The molecule has 0 aromatic heterocycles. The van der Waals surface area contributed by atoms with Gasteiger partial charge in [0.1, 0.15) is 36.6 Å². The number of carbonyl (C=O) groups excluding carboxylic acids is 1. The molecule has 9 atom stereocenters. The van der Waals surface area contributed by atoms with Crippen LogP contribution in [0.1, 0.15) is 309 Å². The molecule has 1 saturated heterocycles. The molecule has 0 aromatic rings.